The maximum atomic E-state index is 4.71. The van der Waals surface area contributed by atoms with Crippen LogP contribution in [-0.4, -0.2) is 23.1 Å². The van der Waals surface area contributed by atoms with Crippen molar-refractivity contribution in [1.82, 2.24) is 10.3 Å². The van der Waals surface area contributed by atoms with Crippen LogP contribution >= 0.6 is 0 Å². The predicted octanol–water partition coefficient (Wildman–Crippen LogP) is 3.27. The summed E-state index contributed by atoms with van der Waals surface area (Å²) in [4.78, 5) is 7.15. The Morgan fingerprint density at radius 3 is 2.68 bits per heavy atom. The SMILES string of the molecule is Cc1cc(CNC(C)(C)C)cc(N2CCCC2C)n1. The van der Waals surface area contributed by atoms with Crippen LogP contribution in [0.3, 0.4) is 0 Å². The molecule has 1 aromatic heterocycles. The van der Waals surface area contributed by atoms with Crippen molar-refractivity contribution >= 4 is 5.82 Å². The van der Waals surface area contributed by atoms with Crippen molar-refractivity contribution in [2.75, 3.05) is 11.4 Å². The number of hydrogen-bond donors (Lipinski definition) is 1. The van der Waals surface area contributed by atoms with Gasteiger partial charge in [-0.2, -0.15) is 0 Å². The van der Waals surface area contributed by atoms with Crippen molar-refractivity contribution in [2.24, 2.45) is 0 Å². The zero-order chi connectivity index (χ0) is 14.0. The van der Waals surface area contributed by atoms with Crippen LogP contribution in [0.15, 0.2) is 12.1 Å². The van der Waals surface area contributed by atoms with Crippen molar-refractivity contribution in [3.63, 3.8) is 0 Å². The molecular formula is C16H27N3. The van der Waals surface area contributed by atoms with Gasteiger partial charge in [-0.15, -0.1) is 0 Å². The van der Waals surface area contributed by atoms with E-state index in [4.69, 9.17) is 4.98 Å². The molecule has 1 aliphatic rings. The molecule has 1 aliphatic heterocycles. The molecule has 0 radical (unpaired) electrons. The maximum Gasteiger partial charge on any atom is 0.129 e. The molecule has 1 atom stereocenters. The molecule has 1 N–H and O–H groups in total. The van der Waals surface area contributed by atoms with Gasteiger partial charge in [0.25, 0.3) is 0 Å². The van der Waals surface area contributed by atoms with E-state index < -0.39 is 0 Å². The monoisotopic (exact) mass is 261 g/mol. The Balaban J connectivity index is 2.15. The van der Waals surface area contributed by atoms with Gasteiger partial charge in [0.1, 0.15) is 5.82 Å². The number of hydrogen-bond acceptors (Lipinski definition) is 3. The average molecular weight is 261 g/mol. The topological polar surface area (TPSA) is 28.2 Å². The summed E-state index contributed by atoms with van der Waals surface area (Å²) in [6.07, 6.45) is 2.57. The standard InChI is InChI=1S/C16H27N3/c1-12-9-14(11-17-16(3,4)5)10-15(18-12)19-8-6-7-13(19)2/h9-10,13,17H,6-8,11H2,1-5H3. The minimum Gasteiger partial charge on any atom is -0.354 e. The van der Waals surface area contributed by atoms with Crippen LogP contribution < -0.4 is 10.2 Å². The second-order valence-electron chi connectivity index (χ2n) is 6.76. The molecule has 1 saturated heterocycles. The number of rotatable bonds is 3. The fraction of sp³-hybridized carbons (Fsp3) is 0.688. The molecule has 0 bridgehead atoms. The van der Waals surface area contributed by atoms with E-state index >= 15 is 0 Å². The first-order valence-corrected chi connectivity index (χ1v) is 7.34. The molecule has 19 heavy (non-hydrogen) atoms. The van der Waals surface area contributed by atoms with Crippen molar-refractivity contribution in [1.29, 1.82) is 0 Å². The molecule has 2 heterocycles. The molecule has 0 aliphatic carbocycles. The Kier molecular flexibility index (Phi) is 4.14. The summed E-state index contributed by atoms with van der Waals surface area (Å²) in [6, 6.07) is 5.05. The maximum absolute atomic E-state index is 4.71. The van der Waals surface area contributed by atoms with Crippen LogP contribution in [0.5, 0.6) is 0 Å². The highest BCUT2D eigenvalue weighted by Gasteiger charge is 2.22. The molecule has 0 saturated carbocycles. The van der Waals surface area contributed by atoms with Crippen LogP contribution in [-0.2, 0) is 6.54 Å². The smallest absolute Gasteiger partial charge is 0.129 e. The van der Waals surface area contributed by atoms with Gasteiger partial charge < -0.3 is 10.2 Å². The number of nitrogens with zero attached hydrogens (tertiary/aromatic N) is 2. The lowest BCUT2D eigenvalue weighted by Crippen LogP contribution is -2.35. The van der Waals surface area contributed by atoms with Crippen LogP contribution in [0, 0.1) is 6.92 Å². The number of aromatic nitrogens is 1. The fourth-order valence-corrected chi connectivity index (χ4v) is 2.61. The third-order valence-electron chi connectivity index (χ3n) is 3.67. The number of nitrogens with one attached hydrogen (secondary N) is 1. The summed E-state index contributed by atoms with van der Waals surface area (Å²) < 4.78 is 0. The first-order chi connectivity index (χ1) is 8.85. The summed E-state index contributed by atoms with van der Waals surface area (Å²) in [5.74, 6) is 1.15. The van der Waals surface area contributed by atoms with E-state index in [-0.39, 0.29) is 5.54 Å². The van der Waals surface area contributed by atoms with Gasteiger partial charge in [0.15, 0.2) is 0 Å². The highest BCUT2D eigenvalue weighted by molar-refractivity contribution is 5.44. The number of anilines is 1. The molecule has 3 heteroatoms. The second-order valence-corrected chi connectivity index (χ2v) is 6.76. The van der Waals surface area contributed by atoms with Crippen LogP contribution in [0.25, 0.3) is 0 Å². The lowest BCUT2D eigenvalue weighted by Gasteiger charge is -2.25. The first-order valence-electron chi connectivity index (χ1n) is 7.34. The van der Waals surface area contributed by atoms with Crippen LogP contribution in [0.4, 0.5) is 5.82 Å². The Labute approximate surface area is 117 Å². The minimum absolute atomic E-state index is 0.151. The summed E-state index contributed by atoms with van der Waals surface area (Å²) in [5.41, 5.74) is 2.59. The molecule has 1 fully saturated rings. The zero-order valence-corrected chi connectivity index (χ0v) is 13.0. The molecule has 0 amide bonds. The molecule has 3 nitrogen and oxygen atoms in total. The quantitative estimate of drug-likeness (QED) is 0.905. The summed E-state index contributed by atoms with van der Waals surface area (Å²) >= 11 is 0. The molecule has 2 rings (SSSR count). The Morgan fingerprint density at radius 2 is 2.11 bits per heavy atom. The van der Waals surface area contributed by atoms with Gasteiger partial charge in [0, 0.05) is 30.4 Å². The lowest BCUT2D eigenvalue weighted by molar-refractivity contribution is 0.424. The average Bonchev–Trinajstić information content (AvgIpc) is 2.71. The van der Waals surface area contributed by atoms with Gasteiger partial charge in [-0.3, -0.25) is 0 Å². The van der Waals surface area contributed by atoms with E-state index in [9.17, 15) is 0 Å². The van der Waals surface area contributed by atoms with Gasteiger partial charge in [-0.25, -0.2) is 4.98 Å². The van der Waals surface area contributed by atoms with Crippen molar-refractivity contribution in [2.45, 2.75) is 65.6 Å². The van der Waals surface area contributed by atoms with E-state index in [0.29, 0.717) is 6.04 Å². The Bertz CT molecular complexity index is 434. The third kappa shape index (κ3) is 3.93. The molecule has 106 valence electrons. The highest BCUT2D eigenvalue weighted by Crippen LogP contribution is 2.24. The van der Waals surface area contributed by atoms with Crippen molar-refractivity contribution in [3.8, 4) is 0 Å². The zero-order valence-electron chi connectivity index (χ0n) is 13.0. The van der Waals surface area contributed by atoms with Crippen molar-refractivity contribution < 1.29 is 0 Å². The van der Waals surface area contributed by atoms with Gasteiger partial charge in [-0.05, 0) is 65.2 Å². The van der Waals surface area contributed by atoms with Crippen LogP contribution in [0.2, 0.25) is 0 Å². The largest absolute Gasteiger partial charge is 0.354 e. The highest BCUT2D eigenvalue weighted by atomic mass is 15.2. The van der Waals surface area contributed by atoms with E-state index in [1.165, 1.54) is 18.4 Å². The van der Waals surface area contributed by atoms with Gasteiger partial charge in [-0.1, -0.05) is 0 Å². The molecule has 0 aromatic carbocycles. The molecule has 1 aromatic rings. The van der Waals surface area contributed by atoms with E-state index in [2.05, 4.69) is 57.0 Å². The fourth-order valence-electron chi connectivity index (χ4n) is 2.61. The summed E-state index contributed by atoms with van der Waals surface area (Å²) in [6.45, 7) is 13.0. The normalized spacial score (nSPS) is 20.1. The van der Waals surface area contributed by atoms with E-state index in [1.54, 1.807) is 0 Å². The van der Waals surface area contributed by atoms with Crippen molar-refractivity contribution in [3.05, 3.63) is 23.4 Å². The predicted molar refractivity (Wildman–Crippen MR) is 81.6 cm³/mol. The van der Waals surface area contributed by atoms with E-state index in [1.807, 2.05) is 0 Å². The molecule has 0 spiro atoms. The summed E-state index contributed by atoms with van der Waals surface area (Å²) in [7, 11) is 0. The first kappa shape index (κ1) is 14.3. The lowest BCUT2D eigenvalue weighted by atomic mass is 10.1. The van der Waals surface area contributed by atoms with Gasteiger partial charge in [0.05, 0.1) is 0 Å². The minimum atomic E-state index is 0.151. The van der Waals surface area contributed by atoms with Gasteiger partial charge >= 0.3 is 0 Å². The second kappa shape index (κ2) is 5.49. The Hall–Kier alpha value is -1.09. The molecule has 1 unspecified atom stereocenters. The Morgan fingerprint density at radius 1 is 1.37 bits per heavy atom. The third-order valence-corrected chi connectivity index (χ3v) is 3.67. The van der Waals surface area contributed by atoms with Gasteiger partial charge in [0.2, 0.25) is 0 Å². The number of aryl methyl sites for hydroxylation is 1. The molecular weight excluding hydrogens is 234 g/mol. The van der Waals surface area contributed by atoms with E-state index in [0.717, 1.165) is 24.6 Å². The summed E-state index contributed by atoms with van der Waals surface area (Å²) in [5, 5.41) is 3.55. The number of pyridine rings is 1. The van der Waals surface area contributed by atoms with Crippen LogP contribution in [0.1, 0.15) is 51.8 Å².